The van der Waals surface area contributed by atoms with E-state index in [1.165, 1.54) is 0 Å². The summed E-state index contributed by atoms with van der Waals surface area (Å²) in [4.78, 5) is 44.0. The lowest BCUT2D eigenvalue weighted by molar-refractivity contribution is -0.120. The Balaban J connectivity index is 1.46. The molecule has 1 aliphatic carbocycles. The van der Waals surface area contributed by atoms with Crippen molar-refractivity contribution in [2.24, 2.45) is 5.92 Å². The molecule has 5 rings (SSSR count). The molecule has 1 saturated carbocycles. The van der Waals surface area contributed by atoms with Crippen LogP contribution in [0.5, 0.6) is 0 Å². The third-order valence-electron chi connectivity index (χ3n) is 7.05. The zero-order valence-electron chi connectivity index (χ0n) is 21.0. The van der Waals surface area contributed by atoms with Crippen molar-refractivity contribution in [1.29, 1.82) is 0 Å². The van der Waals surface area contributed by atoms with Gasteiger partial charge < -0.3 is 19.6 Å². The van der Waals surface area contributed by atoms with Crippen LogP contribution < -0.4 is 9.80 Å². The van der Waals surface area contributed by atoms with Crippen LogP contribution in [0, 0.1) is 5.92 Å². The van der Waals surface area contributed by atoms with Gasteiger partial charge in [-0.1, -0.05) is 18.2 Å². The van der Waals surface area contributed by atoms with Crippen molar-refractivity contribution in [3.05, 3.63) is 48.0 Å². The predicted octanol–water partition coefficient (Wildman–Crippen LogP) is 4.06. The van der Waals surface area contributed by atoms with E-state index in [1.807, 2.05) is 56.0 Å². The quantitative estimate of drug-likeness (QED) is 0.697. The lowest BCUT2D eigenvalue weighted by Crippen LogP contribution is -2.52. The summed E-state index contributed by atoms with van der Waals surface area (Å²) in [7, 11) is 0. The smallest absolute Gasteiger partial charge is 0.414 e. The van der Waals surface area contributed by atoms with Gasteiger partial charge in [-0.05, 0) is 75.4 Å². The van der Waals surface area contributed by atoms with Crippen LogP contribution in [0.1, 0.15) is 50.4 Å². The van der Waals surface area contributed by atoms with Gasteiger partial charge in [0.15, 0.2) is 0 Å². The van der Waals surface area contributed by atoms with Gasteiger partial charge in [0, 0.05) is 31.1 Å². The predicted molar refractivity (Wildman–Crippen MR) is 137 cm³/mol. The maximum absolute atomic E-state index is 13.1. The maximum Gasteiger partial charge on any atom is 0.414 e. The average molecular weight is 492 g/mol. The molecule has 2 fully saturated rings. The molecule has 2 aromatic carbocycles. The van der Waals surface area contributed by atoms with Crippen LogP contribution >= 0.6 is 0 Å². The highest BCUT2D eigenvalue weighted by Crippen LogP contribution is 2.42. The van der Waals surface area contributed by atoms with Gasteiger partial charge in [0.05, 0.1) is 29.6 Å². The van der Waals surface area contributed by atoms with Crippen LogP contribution in [-0.2, 0) is 9.53 Å². The number of ether oxygens (including phenoxy) is 1. The molecule has 0 aromatic heterocycles. The molecule has 2 atom stereocenters. The van der Waals surface area contributed by atoms with Gasteiger partial charge in [0.25, 0.3) is 5.91 Å². The lowest BCUT2D eigenvalue weighted by Gasteiger charge is -2.41. The van der Waals surface area contributed by atoms with Crippen LogP contribution in [0.15, 0.2) is 42.5 Å². The van der Waals surface area contributed by atoms with E-state index < -0.39 is 12.2 Å². The highest BCUT2D eigenvalue weighted by molar-refractivity contribution is 6.05. The fourth-order valence-electron chi connectivity index (χ4n) is 5.02. The Morgan fingerprint density at radius 3 is 2.25 bits per heavy atom. The van der Waals surface area contributed by atoms with Gasteiger partial charge in [0.1, 0.15) is 0 Å². The Labute approximate surface area is 211 Å². The molecule has 0 radical (unpaired) electrons. The highest BCUT2D eigenvalue weighted by atomic mass is 16.6. The molecule has 190 valence electrons. The molecule has 3 amide bonds. The largest absolute Gasteiger partial charge is 0.446 e. The fourth-order valence-corrected chi connectivity index (χ4v) is 5.02. The van der Waals surface area contributed by atoms with E-state index in [-0.39, 0.29) is 29.9 Å². The number of likely N-dealkylation sites (tertiary alicyclic amines) is 1. The third-order valence-corrected chi connectivity index (χ3v) is 7.05. The first-order valence-corrected chi connectivity index (χ1v) is 12.8. The molecule has 1 N–H and O–H groups in total. The van der Waals surface area contributed by atoms with Crippen LogP contribution in [0.25, 0.3) is 11.1 Å². The summed E-state index contributed by atoms with van der Waals surface area (Å²) in [6, 6.07) is 13.0. The zero-order valence-corrected chi connectivity index (χ0v) is 21.0. The number of fused-ring (bicyclic) bond motifs is 1. The number of β-amino-alcohol motifs (C(OH)–C–C–N with tert-alkyl or cyclic N) is 1. The van der Waals surface area contributed by atoms with Crippen molar-refractivity contribution in [3.8, 4) is 11.1 Å². The molecule has 1 saturated heterocycles. The Morgan fingerprint density at radius 1 is 0.944 bits per heavy atom. The summed E-state index contributed by atoms with van der Waals surface area (Å²) < 4.78 is 5.52. The number of nitrogens with zero attached hydrogens (tertiary/aromatic N) is 3. The van der Waals surface area contributed by atoms with Crippen molar-refractivity contribution in [2.75, 3.05) is 29.4 Å². The summed E-state index contributed by atoms with van der Waals surface area (Å²) in [5.41, 5.74) is 3.71. The summed E-state index contributed by atoms with van der Waals surface area (Å²) in [5, 5.41) is 9.74. The molecule has 0 spiro atoms. The van der Waals surface area contributed by atoms with Crippen molar-refractivity contribution in [2.45, 2.75) is 58.3 Å². The van der Waals surface area contributed by atoms with E-state index >= 15 is 0 Å². The van der Waals surface area contributed by atoms with E-state index in [0.29, 0.717) is 37.3 Å². The first-order valence-electron chi connectivity index (χ1n) is 12.8. The fraction of sp³-hybridized carbons (Fsp3) is 0.464. The Morgan fingerprint density at radius 2 is 1.64 bits per heavy atom. The molecule has 2 heterocycles. The summed E-state index contributed by atoms with van der Waals surface area (Å²) in [6.45, 7) is 6.87. The summed E-state index contributed by atoms with van der Waals surface area (Å²) >= 11 is 0. The van der Waals surface area contributed by atoms with Crippen molar-refractivity contribution in [1.82, 2.24) is 4.90 Å². The molecular weight excluding hydrogens is 458 g/mol. The van der Waals surface area contributed by atoms with Gasteiger partial charge in [-0.3, -0.25) is 14.5 Å². The minimum Gasteiger partial charge on any atom is -0.446 e. The number of aliphatic hydroxyl groups excluding tert-OH is 1. The SMILES string of the molecule is CC(C)OC(=O)N1CC(C)N(C(=O)C2CC2)c2ccc(-c3ccc(C(=O)N4CCC(O)C4)cc3)cc21. The number of amides is 3. The van der Waals surface area contributed by atoms with Gasteiger partial charge in [0.2, 0.25) is 5.91 Å². The topological polar surface area (TPSA) is 90.4 Å². The first kappa shape index (κ1) is 24.3. The minimum atomic E-state index is -0.455. The van der Waals surface area contributed by atoms with E-state index in [9.17, 15) is 19.5 Å². The summed E-state index contributed by atoms with van der Waals surface area (Å²) in [6.07, 6.45) is 1.29. The number of aliphatic hydroxyl groups is 1. The van der Waals surface area contributed by atoms with Crippen LogP contribution in [0.3, 0.4) is 0 Å². The number of benzene rings is 2. The number of hydrogen-bond donors (Lipinski definition) is 1. The molecule has 36 heavy (non-hydrogen) atoms. The van der Waals surface area contributed by atoms with E-state index in [4.69, 9.17) is 4.74 Å². The Kier molecular flexibility index (Phi) is 6.47. The second-order valence-corrected chi connectivity index (χ2v) is 10.3. The zero-order chi connectivity index (χ0) is 25.6. The van der Waals surface area contributed by atoms with Gasteiger partial charge in [-0.2, -0.15) is 0 Å². The number of carbonyl (C=O) groups is 3. The van der Waals surface area contributed by atoms with E-state index in [1.54, 1.807) is 21.9 Å². The van der Waals surface area contributed by atoms with E-state index in [0.717, 1.165) is 29.7 Å². The molecule has 8 heteroatoms. The first-order chi connectivity index (χ1) is 17.2. The standard InChI is InChI=1S/C28H33N3O5/c1-17(2)36-28(35)30-15-18(3)31(27(34)21-8-9-21)24-11-10-22(14-25(24)30)19-4-6-20(7-5-19)26(33)29-13-12-23(32)16-29/h4-7,10-11,14,17-18,21,23,32H,8-9,12-13,15-16H2,1-3H3. The van der Waals surface area contributed by atoms with Crippen LogP contribution in [-0.4, -0.2) is 65.8 Å². The molecule has 2 aliphatic heterocycles. The monoisotopic (exact) mass is 491 g/mol. The third kappa shape index (κ3) is 4.69. The molecule has 8 nitrogen and oxygen atoms in total. The minimum absolute atomic E-state index is 0.0657. The average Bonchev–Trinajstić information content (AvgIpc) is 3.62. The maximum atomic E-state index is 13.1. The molecule has 0 bridgehead atoms. The second-order valence-electron chi connectivity index (χ2n) is 10.3. The molecule has 3 aliphatic rings. The van der Waals surface area contributed by atoms with Crippen LogP contribution in [0.4, 0.5) is 16.2 Å². The Hall–Kier alpha value is -3.39. The Bertz CT molecular complexity index is 1170. The van der Waals surface area contributed by atoms with Gasteiger partial charge in [-0.25, -0.2) is 4.79 Å². The van der Waals surface area contributed by atoms with Crippen LogP contribution in [0.2, 0.25) is 0 Å². The molecule has 2 unspecified atom stereocenters. The van der Waals surface area contributed by atoms with Crippen molar-refractivity contribution >= 4 is 29.3 Å². The number of anilines is 2. The summed E-state index contributed by atoms with van der Waals surface area (Å²) in [5.74, 6) is 0.0913. The molecular formula is C28H33N3O5. The van der Waals surface area contributed by atoms with Gasteiger partial charge >= 0.3 is 6.09 Å². The number of hydrogen-bond acceptors (Lipinski definition) is 5. The number of carbonyl (C=O) groups excluding carboxylic acids is 3. The van der Waals surface area contributed by atoms with E-state index in [2.05, 4.69) is 0 Å². The van der Waals surface area contributed by atoms with Crippen molar-refractivity contribution < 1.29 is 24.2 Å². The highest BCUT2D eigenvalue weighted by Gasteiger charge is 2.41. The lowest BCUT2D eigenvalue weighted by atomic mass is 9.99. The van der Waals surface area contributed by atoms with Crippen molar-refractivity contribution in [3.63, 3.8) is 0 Å². The normalized spacial score (nSPS) is 21.5. The number of rotatable bonds is 4. The van der Waals surface area contributed by atoms with Gasteiger partial charge in [-0.15, -0.1) is 0 Å². The molecule has 2 aromatic rings. The second kappa shape index (κ2) is 9.58.